The summed E-state index contributed by atoms with van der Waals surface area (Å²) in [6.07, 6.45) is 4.55. The van der Waals surface area contributed by atoms with Gasteiger partial charge in [-0.1, -0.05) is 12.2 Å². The van der Waals surface area contributed by atoms with Gasteiger partial charge in [0.05, 0.1) is 30.2 Å². The molecule has 2 fully saturated rings. The molecule has 8 heteroatoms. The van der Waals surface area contributed by atoms with E-state index >= 15 is 0 Å². The van der Waals surface area contributed by atoms with E-state index in [1.165, 1.54) is 13.8 Å². The summed E-state index contributed by atoms with van der Waals surface area (Å²) in [5.74, 6) is -1.35. The standard InChI is InChI=1S/C23H35NO7/c1-6-15(3)21(26)31-18-9-11-24-10-8-17(20(18)24)14-30-22(27)16(7-2)13-29-19(25)12-23(4,5)28/h6-7,17-18,20,28H,8-14H2,1-5H3/b15-6-,16-7-/t17-,18-,20-/m1/s1. The zero-order valence-corrected chi connectivity index (χ0v) is 19.2. The average Bonchev–Trinajstić information content (AvgIpc) is 3.27. The van der Waals surface area contributed by atoms with Crippen LogP contribution in [0.4, 0.5) is 0 Å². The van der Waals surface area contributed by atoms with E-state index in [0.717, 1.165) is 25.9 Å². The maximum absolute atomic E-state index is 12.5. The van der Waals surface area contributed by atoms with Gasteiger partial charge in [0.1, 0.15) is 12.7 Å². The minimum atomic E-state index is -1.17. The molecule has 0 amide bonds. The van der Waals surface area contributed by atoms with Crippen molar-refractivity contribution in [3.05, 3.63) is 23.3 Å². The van der Waals surface area contributed by atoms with Crippen molar-refractivity contribution < 1.29 is 33.7 Å². The zero-order chi connectivity index (χ0) is 23.2. The molecule has 8 nitrogen and oxygen atoms in total. The first-order chi connectivity index (χ1) is 14.6. The Bertz CT molecular complexity index is 735. The predicted octanol–water partition coefficient (Wildman–Crippen LogP) is 2.15. The molecule has 0 aromatic carbocycles. The first kappa shape index (κ1) is 25.1. The van der Waals surface area contributed by atoms with Crippen LogP contribution in [0.1, 0.15) is 53.9 Å². The molecule has 1 N–H and O–H groups in total. The molecule has 0 unspecified atom stereocenters. The van der Waals surface area contributed by atoms with Crippen LogP contribution in [0.2, 0.25) is 0 Å². The Morgan fingerprint density at radius 3 is 2.35 bits per heavy atom. The highest BCUT2D eigenvalue weighted by atomic mass is 16.6. The van der Waals surface area contributed by atoms with Crippen LogP contribution in [0.3, 0.4) is 0 Å². The summed E-state index contributed by atoms with van der Waals surface area (Å²) in [5.41, 5.74) is -0.345. The van der Waals surface area contributed by atoms with Crippen molar-refractivity contribution in [2.24, 2.45) is 5.92 Å². The minimum Gasteiger partial charge on any atom is -0.462 e. The lowest BCUT2D eigenvalue weighted by Gasteiger charge is -2.26. The van der Waals surface area contributed by atoms with Crippen molar-refractivity contribution in [3.8, 4) is 0 Å². The van der Waals surface area contributed by atoms with Gasteiger partial charge in [0.2, 0.25) is 0 Å². The maximum Gasteiger partial charge on any atom is 0.337 e. The van der Waals surface area contributed by atoms with Gasteiger partial charge >= 0.3 is 17.9 Å². The minimum absolute atomic E-state index is 0.0417. The van der Waals surface area contributed by atoms with Crippen molar-refractivity contribution in [1.29, 1.82) is 0 Å². The van der Waals surface area contributed by atoms with Crippen LogP contribution >= 0.6 is 0 Å². The molecule has 174 valence electrons. The number of fused-ring (bicyclic) bond motifs is 1. The molecule has 0 spiro atoms. The SMILES string of the molecule is C/C=C(/C)C(=O)O[C@@H]1CCN2CC[C@H](COC(=O)/C(=C\C)COC(=O)CC(C)(C)O)[C@H]12. The monoisotopic (exact) mass is 437 g/mol. The summed E-state index contributed by atoms with van der Waals surface area (Å²) in [4.78, 5) is 38.7. The van der Waals surface area contributed by atoms with E-state index in [1.807, 2.05) is 0 Å². The van der Waals surface area contributed by atoms with Crippen LogP contribution in [0.25, 0.3) is 0 Å². The van der Waals surface area contributed by atoms with Crippen LogP contribution in [0.5, 0.6) is 0 Å². The lowest BCUT2D eigenvalue weighted by Crippen LogP contribution is -2.38. The van der Waals surface area contributed by atoms with E-state index in [1.54, 1.807) is 32.9 Å². The average molecular weight is 438 g/mol. The second kappa shape index (κ2) is 10.9. The van der Waals surface area contributed by atoms with E-state index in [9.17, 15) is 19.5 Å². The molecule has 0 aromatic heterocycles. The van der Waals surface area contributed by atoms with Crippen molar-refractivity contribution in [2.45, 2.75) is 71.6 Å². The number of allylic oxidation sites excluding steroid dienone is 2. The second-order valence-corrected chi connectivity index (χ2v) is 8.84. The van der Waals surface area contributed by atoms with Crippen LogP contribution in [0.15, 0.2) is 23.3 Å². The molecule has 2 aliphatic heterocycles. The van der Waals surface area contributed by atoms with Gasteiger partial charge in [-0.15, -0.1) is 0 Å². The van der Waals surface area contributed by atoms with Crippen molar-refractivity contribution in [3.63, 3.8) is 0 Å². The second-order valence-electron chi connectivity index (χ2n) is 8.84. The van der Waals surface area contributed by atoms with Gasteiger partial charge in [0.15, 0.2) is 0 Å². The summed E-state index contributed by atoms with van der Waals surface area (Å²) in [7, 11) is 0. The lowest BCUT2D eigenvalue weighted by atomic mass is 9.97. The fourth-order valence-electron chi connectivity index (χ4n) is 3.97. The number of esters is 3. The topological polar surface area (TPSA) is 102 Å². The van der Waals surface area contributed by atoms with E-state index in [2.05, 4.69) is 4.90 Å². The molecule has 2 rings (SSSR count). The third-order valence-electron chi connectivity index (χ3n) is 5.79. The van der Waals surface area contributed by atoms with Gasteiger partial charge in [0, 0.05) is 18.0 Å². The van der Waals surface area contributed by atoms with Gasteiger partial charge < -0.3 is 19.3 Å². The number of hydrogen-bond donors (Lipinski definition) is 1. The summed E-state index contributed by atoms with van der Waals surface area (Å²) < 4.78 is 16.3. The maximum atomic E-state index is 12.5. The predicted molar refractivity (Wildman–Crippen MR) is 114 cm³/mol. The van der Waals surface area contributed by atoms with E-state index < -0.39 is 17.5 Å². The normalized spacial score (nSPS) is 24.6. The Kier molecular flexibility index (Phi) is 8.82. The third-order valence-corrected chi connectivity index (χ3v) is 5.79. The highest BCUT2D eigenvalue weighted by Gasteiger charge is 2.46. The largest absolute Gasteiger partial charge is 0.462 e. The molecule has 0 aromatic rings. The Labute approximate surface area is 184 Å². The lowest BCUT2D eigenvalue weighted by molar-refractivity contribution is -0.150. The number of hydrogen-bond acceptors (Lipinski definition) is 8. The van der Waals surface area contributed by atoms with E-state index in [0.29, 0.717) is 5.57 Å². The number of aliphatic hydroxyl groups is 1. The fraction of sp³-hybridized carbons (Fsp3) is 0.696. The molecular weight excluding hydrogens is 402 g/mol. The zero-order valence-electron chi connectivity index (χ0n) is 19.2. The molecule has 0 bridgehead atoms. The number of carbonyl (C=O) groups is 3. The number of rotatable bonds is 9. The van der Waals surface area contributed by atoms with E-state index in [4.69, 9.17) is 14.2 Å². The Hall–Kier alpha value is -2.19. The summed E-state index contributed by atoms with van der Waals surface area (Å²) in [6, 6.07) is 0.0417. The smallest absolute Gasteiger partial charge is 0.337 e. The third kappa shape index (κ3) is 7.18. The molecule has 0 aliphatic carbocycles. The summed E-state index contributed by atoms with van der Waals surface area (Å²) in [6.45, 7) is 9.99. The quantitative estimate of drug-likeness (QED) is 0.333. The molecule has 2 saturated heterocycles. The van der Waals surface area contributed by atoms with Gasteiger partial charge in [-0.05, 0) is 54.0 Å². The Balaban J connectivity index is 1.87. The summed E-state index contributed by atoms with van der Waals surface area (Å²) in [5, 5.41) is 9.67. The molecule has 0 radical (unpaired) electrons. The highest BCUT2D eigenvalue weighted by molar-refractivity contribution is 5.89. The number of nitrogens with zero attached hydrogens (tertiary/aromatic N) is 1. The summed E-state index contributed by atoms with van der Waals surface area (Å²) >= 11 is 0. The van der Waals surface area contributed by atoms with Crippen molar-refractivity contribution in [2.75, 3.05) is 26.3 Å². The molecule has 2 heterocycles. The molecule has 31 heavy (non-hydrogen) atoms. The van der Waals surface area contributed by atoms with Crippen molar-refractivity contribution >= 4 is 17.9 Å². The van der Waals surface area contributed by atoms with Crippen LogP contribution in [-0.4, -0.2) is 72.0 Å². The molecular formula is C23H35NO7. The molecule has 2 aliphatic rings. The Morgan fingerprint density at radius 2 is 1.74 bits per heavy atom. The van der Waals surface area contributed by atoms with E-state index in [-0.39, 0.29) is 49.2 Å². The fourth-order valence-corrected chi connectivity index (χ4v) is 3.97. The van der Waals surface area contributed by atoms with Crippen LogP contribution in [0, 0.1) is 5.92 Å². The first-order valence-electron chi connectivity index (χ1n) is 10.8. The number of ether oxygens (including phenoxy) is 3. The van der Waals surface area contributed by atoms with Crippen LogP contribution < -0.4 is 0 Å². The number of carbonyl (C=O) groups excluding carboxylic acids is 3. The van der Waals surface area contributed by atoms with Gasteiger partial charge in [-0.3, -0.25) is 9.69 Å². The van der Waals surface area contributed by atoms with Gasteiger partial charge in [-0.25, -0.2) is 9.59 Å². The Morgan fingerprint density at radius 1 is 1.06 bits per heavy atom. The van der Waals surface area contributed by atoms with Gasteiger partial charge in [0.25, 0.3) is 0 Å². The van der Waals surface area contributed by atoms with Crippen LogP contribution in [-0.2, 0) is 28.6 Å². The van der Waals surface area contributed by atoms with Crippen molar-refractivity contribution in [1.82, 2.24) is 4.90 Å². The highest BCUT2D eigenvalue weighted by Crippen LogP contribution is 2.35. The molecule has 0 saturated carbocycles. The van der Waals surface area contributed by atoms with Gasteiger partial charge in [-0.2, -0.15) is 0 Å². The molecule has 3 atom stereocenters. The first-order valence-corrected chi connectivity index (χ1v) is 10.8.